The van der Waals surface area contributed by atoms with Crippen molar-refractivity contribution in [3.63, 3.8) is 0 Å². The van der Waals surface area contributed by atoms with E-state index in [1.54, 1.807) is 6.92 Å². The Morgan fingerprint density at radius 3 is 2.53 bits per heavy atom. The highest BCUT2D eigenvalue weighted by molar-refractivity contribution is 7.89. The molecule has 0 bridgehead atoms. The van der Waals surface area contributed by atoms with Crippen molar-refractivity contribution in [1.82, 2.24) is 9.29 Å². The van der Waals surface area contributed by atoms with Crippen LogP contribution in [0.15, 0.2) is 17.2 Å². The lowest BCUT2D eigenvalue weighted by molar-refractivity contribution is 0.369. The SMILES string of the molecule is CCN(C(C)C)S(=O)(=O)c1cnc(N)c(Cl)c1. The Kier molecular flexibility index (Phi) is 4.35. The third-order valence-electron chi connectivity index (χ3n) is 2.34. The van der Waals surface area contributed by atoms with E-state index in [1.165, 1.54) is 16.6 Å². The fraction of sp³-hybridized carbons (Fsp3) is 0.500. The summed E-state index contributed by atoms with van der Waals surface area (Å²) >= 11 is 5.78. The summed E-state index contributed by atoms with van der Waals surface area (Å²) in [7, 11) is -3.56. The Hall–Kier alpha value is -0.850. The van der Waals surface area contributed by atoms with Gasteiger partial charge in [-0.05, 0) is 19.9 Å². The first-order valence-corrected chi connectivity index (χ1v) is 7.05. The van der Waals surface area contributed by atoms with E-state index in [-0.39, 0.29) is 21.8 Å². The molecule has 1 heterocycles. The van der Waals surface area contributed by atoms with E-state index in [0.29, 0.717) is 6.54 Å². The number of nitrogens with two attached hydrogens (primary N) is 1. The predicted octanol–water partition coefficient (Wildman–Crippen LogP) is 1.74. The van der Waals surface area contributed by atoms with Gasteiger partial charge in [-0.1, -0.05) is 18.5 Å². The number of nitrogens with zero attached hydrogens (tertiary/aromatic N) is 2. The monoisotopic (exact) mass is 277 g/mol. The third-order valence-corrected chi connectivity index (χ3v) is 4.76. The Labute approximate surface area is 107 Å². The van der Waals surface area contributed by atoms with E-state index in [0.717, 1.165) is 0 Å². The zero-order valence-electron chi connectivity index (χ0n) is 10.0. The normalized spacial score (nSPS) is 12.4. The summed E-state index contributed by atoms with van der Waals surface area (Å²) in [6.07, 6.45) is 1.22. The first-order valence-electron chi connectivity index (χ1n) is 5.23. The Balaban J connectivity index is 3.25. The summed E-state index contributed by atoms with van der Waals surface area (Å²) in [5, 5.41) is 0.144. The molecule has 0 fully saturated rings. The van der Waals surface area contributed by atoms with Gasteiger partial charge in [-0.15, -0.1) is 0 Å². The van der Waals surface area contributed by atoms with Gasteiger partial charge < -0.3 is 5.73 Å². The molecule has 1 rings (SSSR count). The van der Waals surface area contributed by atoms with Crippen LogP contribution < -0.4 is 5.73 Å². The molecule has 2 N–H and O–H groups in total. The van der Waals surface area contributed by atoms with Gasteiger partial charge >= 0.3 is 0 Å². The molecule has 96 valence electrons. The smallest absolute Gasteiger partial charge is 0.244 e. The van der Waals surface area contributed by atoms with Gasteiger partial charge in [0.05, 0.1) is 5.02 Å². The molecule has 5 nitrogen and oxygen atoms in total. The minimum absolute atomic E-state index is 0.0623. The van der Waals surface area contributed by atoms with Crippen LogP contribution in [0, 0.1) is 0 Å². The lowest BCUT2D eigenvalue weighted by atomic mass is 10.4. The molecule has 0 aliphatic rings. The van der Waals surface area contributed by atoms with Crippen LogP contribution in [0.25, 0.3) is 0 Å². The number of anilines is 1. The molecule has 0 aliphatic carbocycles. The van der Waals surface area contributed by atoms with Crippen LogP contribution in [0.5, 0.6) is 0 Å². The van der Waals surface area contributed by atoms with Gasteiger partial charge in [-0.25, -0.2) is 13.4 Å². The standard InChI is InChI=1S/C10H16ClN3O2S/c1-4-14(7(2)3)17(15,16)8-5-9(11)10(12)13-6-8/h5-7H,4H2,1-3H3,(H2,12,13). The highest BCUT2D eigenvalue weighted by atomic mass is 35.5. The van der Waals surface area contributed by atoms with Crippen molar-refractivity contribution in [2.24, 2.45) is 0 Å². The van der Waals surface area contributed by atoms with Crippen LogP contribution in [0.4, 0.5) is 5.82 Å². The number of pyridine rings is 1. The van der Waals surface area contributed by atoms with Crippen LogP contribution >= 0.6 is 11.6 Å². The van der Waals surface area contributed by atoms with Crippen molar-refractivity contribution >= 4 is 27.4 Å². The number of hydrogen-bond donors (Lipinski definition) is 1. The average Bonchev–Trinajstić information content (AvgIpc) is 2.21. The third kappa shape index (κ3) is 2.88. The molecule has 0 saturated heterocycles. The summed E-state index contributed by atoms with van der Waals surface area (Å²) < 4.78 is 25.9. The molecule has 7 heteroatoms. The summed E-state index contributed by atoms with van der Waals surface area (Å²) in [6, 6.07) is 1.20. The average molecular weight is 278 g/mol. The van der Waals surface area contributed by atoms with Crippen molar-refractivity contribution in [2.75, 3.05) is 12.3 Å². The van der Waals surface area contributed by atoms with E-state index >= 15 is 0 Å². The zero-order chi connectivity index (χ0) is 13.2. The summed E-state index contributed by atoms with van der Waals surface area (Å²) in [6.45, 7) is 5.80. The van der Waals surface area contributed by atoms with Crippen LogP contribution in [-0.2, 0) is 10.0 Å². The van der Waals surface area contributed by atoms with E-state index in [1.807, 2.05) is 13.8 Å². The van der Waals surface area contributed by atoms with Gasteiger partial charge in [0.2, 0.25) is 10.0 Å². The van der Waals surface area contributed by atoms with E-state index in [2.05, 4.69) is 4.98 Å². The fourth-order valence-electron chi connectivity index (χ4n) is 1.52. The molecule has 1 aromatic rings. The lowest BCUT2D eigenvalue weighted by Gasteiger charge is -2.24. The molecule has 17 heavy (non-hydrogen) atoms. The molecule has 0 aromatic carbocycles. The van der Waals surface area contributed by atoms with Crippen molar-refractivity contribution in [1.29, 1.82) is 0 Å². The van der Waals surface area contributed by atoms with Crippen molar-refractivity contribution in [2.45, 2.75) is 31.7 Å². The van der Waals surface area contributed by atoms with Crippen molar-refractivity contribution < 1.29 is 8.42 Å². The minimum Gasteiger partial charge on any atom is -0.382 e. The molecule has 0 atom stereocenters. The fourth-order valence-corrected chi connectivity index (χ4v) is 3.37. The molecule has 0 radical (unpaired) electrons. The molecular weight excluding hydrogens is 262 g/mol. The van der Waals surface area contributed by atoms with Crippen LogP contribution in [0.3, 0.4) is 0 Å². The number of hydrogen-bond acceptors (Lipinski definition) is 4. The first kappa shape index (κ1) is 14.2. The largest absolute Gasteiger partial charge is 0.382 e. The van der Waals surface area contributed by atoms with E-state index in [9.17, 15) is 8.42 Å². The van der Waals surface area contributed by atoms with Gasteiger partial charge in [0.15, 0.2) is 0 Å². The summed E-state index contributed by atoms with van der Waals surface area (Å²) in [5.41, 5.74) is 5.45. The van der Waals surface area contributed by atoms with Gasteiger partial charge in [0.25, 0.3) is 0 Å². The number of rotatable bonds is 4. The van der Waals surface area contributed by atoms with Crippen molar-refractivity contribution in [3.05, 3.63) is 17.3 Å². The molecule has 0 unspecified atom stereocenters. The zero-order valence-corrected chi connectivity index (χ0v) is 11.6. The van der Waals surface area contributed by atoms with Gasteiger partial charge in [0, 0.05) is 18.8 Å². The Bertz CT molecular complexity index is 502. The molecule has 0 spiro atoms. The van der Waals surface area contributed by atoms with E-state index < -0.39 is 10.0 Å². The topological polar surface area (TPSA) is 76.3 Å². The quantitative estimate of drug-likeness (QED) is 0.909. The summed E-state index contributed by atoms with van der Waals surface area (Å²) in [4.78, 5) is 3.82. The maximum atomic E-state index is 12.3. The predicted molar refractivity (Wildman–Crippen MR) is 68.4 cm³/mol. The van der Waals surface area contributed by atoms with Gasteiger partial charge in [0.1, 0.15) is 10.7 Å². The van der Waals surface area contributed by atoms with Crippen molar-refractivity contribution in [3.8, 4) is 0 Å². The highest BCUT2D eigenvalue weighted by Gasteiger charge is 2.26. The Morgan fingerprint density at radius 2 is 2.12 bits per heavy atom. The number of halogens is 1. The second kappa shape index (κ2) is 5.20. The molecule has 0 amide bonds. The lowest BCUT2D eigenvalue weighted by Crippen LogP contribution is -2.36. The van der Waals surface area contributed by atoms with Gasteiger partial charge in [-0.3, -0.25) is 0 Å². The van der Waals surface area contributed by atoms with Crippen LogP contribution in [-0.4, -0.2) is 30.3 Å². The van der Waals surface area contributed by atoms with E-state index in [4.69, 9.17) is 17.3 Å². The van der Waals surface area contributed by atoms with Crippen LogP contribution in [0.1, 0.15) is 20.8 Å². The number of sulfonamides is 1. The van der Waals surface area contributed by atoms with Crippen LogP contribution in [0.2, 0.25) is 5.02 Å². The second-order valence-electron chi connectivity index (χ2n) is 3.84. The second-order valence-corrected chi connectivity index (χ2v) is 6.14. The molecule has 0 saturated carbocycles. The molecule has 1 aromatic heterocycles. The first-order chi connectivity index (χ1) is 7.80. The maximum Gasteiger partial charge on any atom is 0.244 e. The Morgan fingerprint density at radius 1 is 1.53 bits per heavy atom. The highest BCUT2D eigenvalue weighted by Crippen LogP contribution is 2.23. The minimum atomic E-state index is -3.56. The number of nitrogen functional groups attached to an aromatic ring is 1. The number of aromatic nitrogens is 1. The molecular formula is C10H16ClN3O2S. The molecule has 0 aliphatic heterocycles. The van der Waals surface area contributed by atoms with Gasteiger partial charge in [-0.2, -0.15) is 4.31 Å². The summed E-state index contributed by atoms with van der Waals surface area (Å²) in [5.74, 6) is 0.123. The maximum absolute atomic E-state index is 12.3.